The first-order valence-corrected chi connectivity index (χ1v) is 9.37. The van der Waals surface area contributed by atoms with Crippen LogP contribution in [0.4, 0.5) is 13.2 Å². The Labute approximate surface area is 147 Å². The van der Waals surface area contributed by atoms with Crippen LogP contribution < -0.4 is 5.32 Å². The fraction of sp³-hybridized carbons (Fsp3) is 0.467. The van der Waals surface area contributed by atoms with Crippen molar-refractivity contribution in [3.05, 3.63) is 29.6 Å². The van der Waals surface area contributed by atoms with E-state index in [0.717, 1.165) is 4.31 Å². The zero-order chi connectivity index (χ0) is 19.1. The Balaban J connectivity index is 1.70. The molecule has 142 valence electrons. The zero-order valence-corrected chi connectivity index (χ0v) is 14.4. The molecule has 26 heavy (non-hydrogen) atoms. The SMILES string of the molecule is O=C1CC[C@H](C(=O)N2CCN(S(=O)(=O)c3ccc(F)c(F)c3F)CC2)N1. The maximum absolute atomic E-state index is 13.8. The van der Waals surface area contributed by atoms with Gasteiger partial charge in [0.1, 0.15) is 10.9 Å². The third-order valence-electron chi connectivity index (χ3n) is 4.46. The summed E-state index contributed by atoms with van der Waals surface area (Å²) in [5, 5.41) is 2.55. The van der Waals surface area contributed by atoms with E-state index in [1.54, 1.807) is 0 Å². The molecule has 2 saturated heterocycles. The Bertz CT molecular complexity index is 854. The predicted molar refractivity (Wildman–Crippen MR) is 82.8 cm³/mol. The second-order valence-electron chi connectivity index (χ2n) is 6.06. The van der Waals surface area contributed by atoms with Crippen LogP contribution in [0, 0.1) is 17.5 Å². The molecule has 7 nitrogen and oxygen atoms in total. The van der Waals surface area contributed by atoms with Gasteiger partial charge in [-0.2, -0.15) is 4.31 Å². The van der Waals surface area contributed by atoms with E-state index in [2.05, 4.69) is 5.32 Å². The molecule has 0 aliphatic carbocycles. The number of amides is 2. The fourth-order valence-electron chi connectivity index (χ4n) is 3.02. The average molecular weight is 391 g/mol. The number of hydrogen-bond acceptors (Lipinski definition) is 4. The minimum absolute atomic E-state index is 0.0513. The standard InChI is InChI=1S/C15H16F3N3O4S/c16-9-1-3-11(14(18)13(9)17)26(24,25)21-7-5-20(6-8-21)15(23)10-2-4-12(22)19-10/h1,3,10H,2,4-8H2,(H,19,22)/t10-/m1/s1. The molecular weight excluding hydrogens is 375 g/mol. The Morgan fingerprint density at radius 3 is 2.31 bits per heavy atom. The Morgan fingerprint density at radius 2 is 1.73 bits per heavy atom. The Hall–Kier alpha value is -2.14. The lowest BCUT2D eigenvalue weighted by molar-refractivity contribution is -0.135. The molecule has 0 radical (unpaired) electrons. The third-order valence-corrected chi connectivity index (χ3v) is 6.38. The number of piperazine rings is 1. The van der Waals surface area contributed by atoms with Gasteiger partial charge in [0.25, 0.3) is 0 Å². The quantitative estimate of drug-likeness (QED) is 0.747. The number of halogens is 3. The highest BCUT2D eigenvalue weighted by molar-refractivity contribution is 7.89. The van der Waals surface area contributed by atoms with Crippen LogP contribution in [0.3, 0.4) is 0 Å². The number of hydrogen-bond donors (Lipinski definition) is 1. The topological polar surface area (TPSA) is 86.8 Å². The van der Waals surface area contributed by atoms with Crippen molar-refractivity contribution in [2.75, 3.05) is 26.2 Å². The molecule has 0 bridgehead atoms. The molecule has 1 N–H and O–H groups in total. The number of rotatable bonds is 3. The van der Waals surface area contributed by atoms with Gasteiger partial charge in [0.15, 0.2) is 17.5 Å². The van der Waals surface area contributed by atoms with Crippen LogP contribution in [0.1, 0.15) is 12.8 Å². The summed E-state index contributed by atoms with van der Waals surface area (Å²) in [6.45, 7) is -0.133. The van der Waals surface area contributed by atoms with Crippen LogP contribution in [0.15, 0.2) is 17.0 Å². The minimum atomic E-state index is -4.36. The predicted octanol–water partition coefficient (Wildman–Crippen LogP) is 0.215. The van der Waals surface area contributed by atoms with Crippen LogP contribution in [-0.4, -0.2) is 61.7 Å². The first-order chi connectivity index (χ1) is 12.2. The molecular formula is C15H16F3N3O4S. The van der Waals surface area contributed by atoms with E-state index >= 15 is 0 Å². The first kappa shape index (κ1) is 18.6. The van der Waals surface area contributed by atoms with Crippen molar-refractivity contribution in [3.8, 4) is 0 Å². The average Bonchev–Trinajstić information content (AvgIpc) is 3.05. The Morgan fingerprint density at radius 1 is 1.08 bits per heavy atom. The van der Waals surface area contributed by atoms with Gasteiger partial charge in [-0.25, -0.2) is 21.6 Å². The van der Waals surface area contributed by atoms with Gasteiger partial charge in [-0.15, -0.1) is 0 Å². The number of carbonyl (C=O) groups excluding carboxylic acids is 2. The molecule has 0 spiro atoms. The summed E-state index contributed by atoms with van der Waals surface area (Å²) in [5.74, 6) is -5.60. The van der Waals surface area contributed by atoms with Gasteiger partial charge in [0.05, 0.1) is 0 Å². The monoisotopic (exact) mass is 391 g/mol. The number of nitrogens with zero attached hydrogens (tertiary/aromatic N) is 2. The normalized spacial score (nSPS) is 21.7. The van der Waals surface area contributed by atoms with Crippen molar-refractivity contribution in [1.29, 1.82) is 0 Å². The molecule has 0 aromatic heterocycles. The van der Waals surface area contributed by atoms with Gasteiger partial charge in [0.2, 0.25) is 21.8 Å². The van der Waals surface area contributed by atoms with Gasteiger partial charge in [-0.05, 0) is 18.6 Å². The second kappa shape index (κ2) is 6.88. The highest BCUT2D eigenvalue weighted by Gasteiger charge is 2.36. The highest BCUT2D eigenvalue weighted by atomic mass is 32.2. The molecule has 2 amide bonds. The fourth-order valence-corrected chi connectivity index (χ4v) is 4.49. The smallest absolute Gasteiger partial charge is 0.246 e. The highest BCUT2D eigenvalue weighted by Crippen LogP contribution is 2.24. The van der Waals surface area contributed by atoms with E-state index in [4.69, 9.17) is 0 Å². The largest absolute Gasteiger partial charge is 0.344 e. The summed E-state index contributed by atoms with van der Waals surface area (Å²) in [5.41, 5.74) is 0. The molecule has 1 aromatic rings. The van der Waals surface area contributed by atoms with E-state index in [9.17, 15) is 31.2 Å². The number of carbonyl (C=O) groups is 2. The lowest BCUT2D eigenvalue weighted by Gasteiger charge is -2.35. The lowest BCUT2D eigenvalue weighted by atomic mass is 10.2. The van der Waals surface area contributed by atoms with Crippen molar-refractivity contribution in [3.63, 3.8) is 0 Å². The molecule has 1 atom stereocenters. The van der Waals surface area contributed by atoms with Crippen molar-refractivity contribution in [2.45, 2.75) is 23.8 Å². The van der Waals surface area contributed by atoms with Crippen LogP contribution in [0.5, 0.6) is 0 Å². The van der Waals surface area contributed by atoms with Crippen LogP contribution in [0.2, 0.25) is 0 Å². The second-order valence-corrected chi connectivity index (χ2v) is 7.97. The van der Waals surface area contributed by atoms with E-state index in [0.29, 0.717) is 18.6 Å². The van der Waals surface area contributed by atoms with E-state index in [-0.39, 0.29) is 44.4 Å². The Kier molecular flexibility index (Phi) is 4.93. The number of sulfonamides is 1. The molecule has 2 aliphatic heterocycles. The van der Waals surface area contributed by atoms with Crippen molar-refractivity contribution >= 4 is 21.8 Å². The summed E-state index contributed by atoms with van der Waals surface area (Å²) in [6.07, 6.45) is 0.649. The van der Waals surface area contributed by atoms with Crippen LogP contribution in [-0.2, 0) is 19.6 Å². The molecule has 3 rings (SSSR count). The summed E-state index contributed by atoms with van der Waals surface area (Å²) in [4.78, 5) is 24.0. The lowest BCUT2D eigenvalue weighted by Crippen LogP contribution is -2.54. The van der Waals surface area contributed by atoms with Gasteiger partial charge in [-0.3, -0.25) is 9.59 Å². The minimum Gasteiger partial charge on any atom is -0.344 e. The molecule has 0 saturated carbocycles. The van der Waals surface area contributed by atoms with E-state index < -0.39 is 38.4 Å². The maximum Gasteiger partial charge on any atom is 0.246 e. The maximum atomic E-state index is 13.8. The van der Waals surface area contributed by atoms with Gasteiger partial charge in [-0.1, -0.05) is 0 Å². The molecule has 2 fully saturated rings. The van der Waals surface area contributed by atoms with Crippen molar-refractivity contribution in [1.82, 2.24) is 14.5 Å². The molecule has 0 unspecified atom stereocenters. The first-order valence-electron chi connectivity index (χ1n) is 7.93. The van der Waals surface area contributed by atoms with Gasteiger partial charge >= 0.3 is 0 Å². The molecule has 11 heteroatoms. The van der Waals surface area contributed by atoms with Crippen LogP contribution >= 0.6 is 0 Å². The number of benzene rings is 1. The van der Waals surface area contributed by atoms with Crippen molar-refractivity contribution < 1.29 is 31.2 Å². The zero-order valence-electron chi connectivity index (χ0n) is 13.5. The summed E-state index contributed by atoms with van der Waals surface area (Å²) < 4.78 is 66.1. The summed E-state index contributed by atoms with van der Waals surface area (Å²) in [6, 6.07) is 0.608. The van der Waals surface area contributed by atoms with Crippen molar-refractivity contribution in [2.24, 2.45) is 0 Å². The summed E-state index contributed by atoms with van der Waals surface area (Å²) in [7, 11) is -4.36. The molecule has 1 aromatic carbocycles. The van der Waals surface area contributed by atoms with Gasteiger partial charge in [0, 0.05) is 32.6 Å². The van der Waals surface area contributed by atoms with E-state index in [1.165, 1.54) is 4.90 Å². The number of nitrogens with one attached hydrogen (secondary N) is 1. The van der Waals surface area contributed by atoms with E-state index in [1.807, 2.05) is 0 Å². The summed E-state index contributed by atoms with van der Waals surface area (Å²) >= 11 is 0. The third kappa shape index (κ3) is 3.28. The molecule has 2 heterocycles. The van der Waals surface area contributed by atoms with Crippen LogP contribution in [0.25, 0.3) is 0 Å². The molecule has 2 aliphatic rings. The van der Waals surface area contributed by atoms with Gasteiger partial charge < -0.3 is 10.2 Å².